The number of rotatable bonds is 9. The minimum Gasteiger partial charge on any atom is -0.497 e. The molecule has 0 saturated heterocycles. The third-order valence-electron chi connectivity index (χ3n) is 7.30. The molecule has 2 aliphatic rings. The molecule has 2 aromatic rings. The van der Waals surface area contributed by atoms with Crippen molar-refractivity contribution in [3.63, 3.8) is 0 Å². The van der Waals surface area contributed by atoms with Gasteiger partial charge in [0.25, 0.3) is 5.91 Å². The molecule has 1 heterocycles. The summed E-state index contributed by atoms with van der Waals surface area (Å²) in [6, 6.07) is 13.0. The highest BCUT2D eigenvalue weighted by molar-refractivity contribution is 5.95. The Labute approximate surface area is 213 Å². The molecule has 0 aromatic heterocycles. The molecule has 2 N–H and O–H groups in total. The van der Waals surface area contributed by atoms with Gasteiger partial charge in [0.05, 0.1) is 7.11 Å². The Bertz CT molecular complexity index is 1110. The third-order valence-corrected chi connectivity index (χ3v) is 7.30. The minimum absolute atomic E-state index is 0.0561. The second-order valence-corrected chi connectivity index (χ2v) is 10.0. The van der Waals surface area contributed by atoms with Crippen LogP contribution in [0.15, 0.2) is 54.1 Å². The zero-order chi connectivity index (χ0) is 25.7. The van der Waals surface area contributed by atoms with Gasteiger partial charge in [0.2, 0.25) is 12.7 Å². The number of nitrogens with one attached hydrogen (secondary N) is 2. The normalized spacial score (nSPS) is 20.6. The molecule has 7 heteroatoms. The molecule has 3 unspecified atom stereocenters. The SMILES string of the molecule is COc1ccc(CNC(=O)CC2CC(C(C)C)C(CNC(=O)c3ccc4c(c3)OCO4)C=C2C)cc1. The third kappa shape index (κ3) is 6.20. The Morgan fingerprint density at radius 2 is 1.81 bits per heavy atom. The topological polar surface area (TPSA) is 85.9 Å². The van der Waals surface area contributed by atoms with Crippen LogP contribution in [0.1, 0.15) is 49.5 Å². The first-order chi connectivity index (χ1) is 17.3. The molecular weight excluding hydrogens is 456 g/mol. The van der Waals surface area contributed by atoms with Gasteiger partial charge < -0.3 is 24.8 Å². The van der Waals surface area contributed by atoms with Crippen LogP contribution in [0.25, 0.3) is 0 Å². The Kier molecular flexibility index (Phi) is 8.18. The average molecular weight is 493 g/mol. The zero-order valence-corrected chi connectivity index (χ0v) is 21.5. The summed E-state index contributed by atoms with van der Waals surface area (Å²) >= 11 is 0. The van der Waals surface area contributed by atoms with Crippen LogP contribution in [0.4, 0.5) is 0 Å². The Morgan fingerprint density at radius 1 is 1.06 bits per heavy atom. The molecule has 7 nitrogen and oxygen atoms in total. The van der Waals surface area contributed by atoms with Crippen molar-refractivity contribution in [1.82, 2.24) is 10.6 Å². The fourth-order valence-electron chi connectivity index (χ4n) is 5.10. The molecule has 36 heavy (non-hydrogen) atoms. The fourth-order valence-corrected chi connectivity index (χ4v) is 5.10. The standard InChI is InChI=1S/C29H36N2O5/c1-18(2)25-12-22(14-28(32)30-15-20-5-8-24(34-4)9-6-20)19(3)11-23(25)16-31-29(33)21-7-10-26-27(13-21)36-17-35-26/h5-11,13,18,22-23,25H,12,14-17H2,1-4H3,(H,30,32)(H,31,33). The van der Waals surface area contributed by atoms with Gasteiger partial charge in [0, 0.05) is 25.1 Å². The molecule has 0 bridgehead atoms. The maximum atomic E-state index is 12.8. The lowest BCUT2D eigenvalue weighted by Crippen LogP contribution is -2.37. The molecular formula is C29H36N2O5. The van der Waals surface area contributed by atoms with Crippen molar-refractivity contribution >= 4 is 11.8 Å². The maximum Gasteiger partial charge on any atom is 0.251 e. The van der Waals surface area contributed by atoms with E-state index in [9.17, 15) is 9.59 Å². The van der Waals surface area contributed by atoms with Crippen molar-refractivity contribution in [1.29, 1.82) is 0 Å². The number of fused-ring (bicyclic) bond motifs is 1. The number of amides is 2. The Hall–Kier alpha value is -3.48. The van der Waals surface area contributed by atoms with Crippen LogP contribution in [0.3, 0.4) is 0 Å². The molecule has 1 aliphatic heterocycles. The predicted octanol–water partition coefficient (Wildman–Crippen LogP) is 4.71. The highest BCUT2D eigenvalue weighted by Crippen LogP contribution is 2.39. The summed E-state index contributed by atoms with van der Waals surface area (Å²) < 4.78 is 15.9. The lowest BCUT2D eigenvalue weighted by Gasteiger charge is -2.37. The van der Waals surface area contributed by atoms with E-state index in [0.717, 1.165) is 17.7 Å². The van der Waals surface area contributed by atoms with Gasteiger partial charge in [-0.25, -0.2) is 0 Å². The van der Waals surface area contributed by atoms with E-state index >= 15 is 0 Å². The van der Waals surface area contributed by atoms with E-state index in [2.05, 4.69) is 37.5 Å². The number of carbonyl (C=O) groups is 2. The number of allylic oxidation sites excluding steroid dienone is 1. The van der Waals surface area contributed by atoms with Crippen LogP contribution in [0.2, 0.25) is 0 Å². The summed E-state index contributed by atoms with van der Waals surface area (Å²) in [5, 5.41) is 6.15. The van der Waals surface area contributed by atoms with Crippen LogP contribution in [0, 0.1) is 23.7 Å². The molecule has 3 atom stereocenters. The van der Waals surface area contributed by atoms with Crippen molar-refractivity contribution in [3.8, 4) is 17.2 Å². The molecule has 0 spiro atoms. The maximum absolute atomic E-state index is 12.8. The minimum atomic E-state index is -0.123. The predicted molar refractivity (Wildman–Crippen MR) is 138 cm³/mol. The fraction of sp³-hybridized carbons (Fsp3) is 0.448. The van der Waals surface area contributed by atoms with Gasteiger partial charge >= 0.3 is 0 Å². The molecule has 4 rings (SSSR count). The highest BCUT2D eigenvalue weighted by Gasteiger charge is 2.32. The second-order valence-electron chi connectivity index (χ2n) is 10.0. The van der Waals surface area contributed by atoms with Gasteiger partial charge in [-0.15, -0.1) is 0 Å². The summed E-state index contributed by atoms with van der Waals surface area (Å²) in [6.45, 7) is 7.78. The first-order valence-corrected chi connectivity index (χ1v) is 12.6. The monoisotopic (exact) mass is 492 g/mol. The van der Waals surface area contributed by atoms with Crippen molar-refractivity contribution in [2.45, 2.75) is 40.2 Å². The molecule has 2 amide bonds. The van der Waals surface area contributed by atoms with Crippen LogP contribution >= 0.6 is 0 Å². The van der Waals surface area contributed by atoms with Crippen LogP contribution < -0.4 is 24.8 Å². The lowest BCUT2D eigenvalue weighted by atomic mass is 9.69. The largest absolute Gasteiger partial charge is 0.497 e. The summed E-state index contributed by atoms with van der Waals surface area (Å²) in [7, 11) is 1.64. The molecule has 192 valence electrons. The van der Waals surface area contributed by atoms with E-state index in [1.165, 1.54) is 5.57 Å². The lowest BCUT2D eigenvalue weighted by molar-refractivity contribution is -0.122. The molecule has 0 fully saturated rings. The van der Waals surface area contributed by atoms with E-state index in [-0.39, 0.29) is 30.4 Å². The smallest absolute Gasteiger partial charge is 0.251 e. The van der Waals surface area contributed by atoms with E-state index < -0.39 is 0 Å². The zero-order valence-electron chi connectivity index (χ0n) is 21.5. The van der Waals surface area contributed by atoms with Crippen molar-refractivity contribution in [3.05, 3.63) is 65.2 Å². The van der Waals surface area contributed by atoms with Gasteiger partial charge in [-0.2, -0.15) is 0 Å². The summed E-state index contributed by atoms with van der Waals surface area (Å²) in [5.74, 6) is 3.24. The van der Waals surface area contributed by atoms with Gasteiger partial charge in [-0.05, 0) is 72.9 Å². The first-order valence-electron chi connectivity index (χ1n) is 12.6. The highest BCUT2D eigenvalue weighted by atomic mass is 16.7. The molecule has 2 aromatic carbocycles. The van der Waals surface area contributed by atoms with Gasteiger partial charge in [0.1, 0.15) is 5.75 Å². The van der Waals surface area contributed by atoms with Crippen molar-refractivity contribution in [2.24, 2.45) is 23.7 Å². The first kappa shape index (κ1) is 25.6. The van der Waals surface area contributed by atoms with E-state index in [0.29, 0.717) is 48.4 Å². The number of ether oxygens (including phenoxy) is 3. The summed E-state index contributed by atoms with van der Waals surface area (Å²) in [6.07, 6.45) is 3.66. The number of hydrogen-bond donors (Lipinski definition) is 2. The number of methoxy groups -OCH3 is 1. The van der Waals surface area contributed by atoms with Crippen molar-refractivity contribution in [2.75, 3.05) is 20.4 Å². The van der Waals surface area contributed by atoms with Crippen LogP contribution in [-0.2, 0) is 11.3 Å². The van der Waals surface area contributed by atoms with Crippen LogP contribution in [-0.4, -0.2) is 32.3 Å². The average Bonchev–Trinajstić information content (AvgIpc) is 3.35. The van der Waals surface area contributed by atoms with Crippen molar-refractivity contribution < 1.29 is 23.8 Å². The number of carbonyl (C=O) groups excluding carboxylic acids is 2. The van der Waals surface area contributed by atoms with Gasteiger partial charge in [-0.3, -0.25) is 9.59 Å². The summed E-state index contributed by atoms with van der Waals surface area (Å²) in [5.41, 5.74) is 2.82. The van der Waals surface area contributed by atoms with E-state index in [1.54, 1.807) is 25.3 Å². The van der Waals surface area contributed by atoms with Gasteiger partial charge in [0.15, 0.2) is 11.5 Å². The Balaban J connectivity index is 1.32. The van der Waals surface area contributed by atoms with E-state index in [4.69, 9.17) is 14.2 Å². The van der Waals surface area contributed by atoms with Gasteiger partial charge in [-0.1, -0.05) is 37.6 Å². The Morgan fingerprint density at radius 3 is 2.53 bits per heavy atom. The van der Waals surface area contributed by atoms with E-state index in [1.807, 2.05) is 24.3 Å². The molecule has 0 saturated carbocycles. The second kappa shape index (κ2) is 11.5. The number of benzene rings is 2. The summed E-state index contributed by atoms with van der Waals surface area (Å²) in [4.78, 5) is 25.5. The quantitative estimate of drug-likeness (QED) is 0.495. The molecule has 1 aliphatic carbocycles. The number of hydrogen-bond acceptors (Lipinski definition) is 5. The van der Waals surface area contributed by atoms with Crippen LogP contribution in [0.5, 0.6) is 17.2 Å². The molecule has 0 radical (unpaired) electrons.